The van der Waals surface area contributed by atoms with Crippen molar-refractivity contribution in [2.45, 2.75) is 65.6 Å². The molecule has 2 atom stereocenters. The second-order valence-electron chi connectivity index (χ2n) is 8.10. The van der Waals surface area contributed by atoms with Gasteiger partial charge in [0.2, 0.25) is 5.95 Å². The van der Waals surface area contributed by atoms with Crippen molar-refractivity contribution >= 4 is 17.1 Å². The summed E-state index contributed by atoms with van der Waals surface area (Å²) in [5, 5.41) is 0. The number of hydrogen-bond acceptors (Lipinski definition) is 5. The van der Waals surface area contributed by atoms with Crippen LogP contribution in [0.15, 0.2) is 21.2 Å². The van der Waals surface area contributed by atoms with E-state index in [1.165, 1.54) is 11.6 Å². The Balaban J connectivity index is 2.34. The van der Waals surface area contributed by atoms with Gasteiger partial charge in [-0.3, -0.25) is 13.9 Å². The summed E-state index contributed by atoms with van der Waals surface area (Å²) in [6.45, 7) is 10.2. The molecule has 0 spiro atoms. The summed E-state index contributed by atoms with van der Waals surface area (Å²) in [6, 6.07) is 0.0372. The molecule has 0 radical (unpaired) electrons. The van der Waals surface area contributed by atoms with Crippen molar-refractivity contribution in [3.63, 3.8) is 0 Å². The number of nitrogens with zero attached hydrogens (tertiary/aromatic N) is 5. The lowest BCUT2D eigenvalue weighted by Gasteiger charge is -2.31. The van der Waals surface area contributed by atoms with Crippen LogP contribution in [0.1, 0.15) is 53.0 Å². The largest absolute Gasteiger partial charge is 0.341 e. The first-order chi connectivity index (χ1) is 13.3. The third kappa shape index (κ3) is 3.53. The Kier molecular flexibility index (Phi) is 5.79. The van der Waals surface area contributed by atoms with E-state index in [1.807, 2.05) is 32.3 Å². The van der Waals surface area contributed by atoms with Crippen molar-refractivity contribution in [2.24, 2.45) is 12.8 Å². The van der Waals surface area contributed by atoms with Crippen LogP contribution in [0.4, 0.5) is 5.95 Å². The van der Waals surface area contributed by atoms with E-state index in [0.29, 0.717) is 24.3 Å². The van der Waals surface area contributed by atoms with Crippen molar-refractivity contribution in [1.82, 2.24) is 18.7 Å². The number of anilines is 1. The number of nitrogens with two attached hydrogens (primary N) is 1. The molecule has 2 N–H and O–H groups in total. The van der Waals surface area contributed by atoms with Crippen molar-refractivity contribution in [2.75, 3.05) is 18.0 Å². The minimum atomic E-state index is -0.319. The highest BCUT2D eigenvalue weighted by atomic mass is 16.2. The van der Waals surface area contributed by atoms with Gasteiger partial charge < -0.3 is 15.2 Å². The van der Waals surface area contributed by atoms with Gasteiger partial charge in [0.1, 0.15) is 0 Å². The van der Waals surface area contributed by atoms with Crippen LogP contribution in [0.3, 0.4) is 0 Å². The smallest absolute Gasteiger partial charge is 0.332 e. The maximum absolute atomic E-state index is 13.1. The molecule has 3 heterocycles. The molecule has 0 saturated carbocycles. The molecule has 1 fully saturated rings. The Bertz CT molecular complexity index is 1010. The predicted octanol–water partition coefficient (Wildman–Crippen LogP) is 1.76. The zero-order chi connectivity index (χ0) is 20.6. The molecule has 1 aliphatic rings. The molecule has 0 aromatic carbocycles. The van der Waals surface area contributed by atoms with Crippen molar-refractivity contribution < 1.29 is 0 Å². The topological polar surface area (TPSA) is 91.1 Å². The lowest BCUT2D eigenvalue weighted by Crippen LogP contribution is -2.44. The molecular formula is C20H32N6O2. The second-order valence-corrected chi connectivity index (χ2v) is 8.10. The zero-order valence-corrected chi connectivity index (χ0v) is 17.6. The summed E-state index contributed by atoms with van der Waals surface area (Å²) in [5.41, 5.74) is 7.69. The normalized spacial score (nSPS) is 18.5. The highest BCUT2D eigenvalue weighted by Crippen LogP contribution is 2.25. The molecule has 8 heteroatoms. The Morgan fingerprint density at radius 2 is 2.07 bits per heavy atom. The minimum absolute atomic E-state index is 0.0509. The fraction of sp³-hybridized carbons (Fsp3) is 0.650. The van der Waals surface area contributed by atoms with E-state index in [1.54, 1.807) is 4.57 Å². The molecule has 2 aromatic heterocycles. The van der Waals surface area contributed by atoms with Gasteiger partial charge in [0, 0.05) is 38.8 Å². The average Bonchev–Trinajstić information content (AvgIpc) is 3.03. The van der Waals surface area contributed by atoms with Gasteiger partial charge in [-0.15, -0.1) is 0 Å². The SMILES string of the molecule is CCC(C)n1c(=O)n(C)c(=O)c2c1nc(N1CCCC(N)C1)n2CC=C(C)C. The number of allylic oxidation sites excluding steroid dienone is 2. The average molecular weight is 389 g/mol. The molecule has 2 aromatic rings. The van der Waals surface area contributed by atoms with E-state index >= 15 is 0 Å². The molecule has 0 amide bonds. The van der Waals surface area contributed by atoms with Crippen LogP contribution in [-0.4, -0.2) is 37.8 Å². The molecule has 1 aliphatic heterocycles. The van der Waals surface area contributed by atoms with Crippen LogP contribution < -0.4 is 21.9 Å². The number of aromatic nitrogens is 4. The van der Waals surface area contributed by atoms with E-state index in [-0.39, 0.29) is 23.3 Å². The van der Waals surface area contributed by atoms with E-state index < -0.39 is 0 Å². The molecule has 2 unspecified atom stereocenters. The van der Waals surface area contributed by atoms with Crippen LogP contribution in [0, 0.1) is 0 Å². The molecule has 3 rings (SSSR count). The Hall–Kier alpha value is -2.35. The lowest BCUT2D eigenvalue weighted by molar-refractivity contribution is 0.494. The summed E-state index contributed by atoms with van der Waals surface area (Å²) in [7, 11) is 1.54. The maximum Gasteiger partial charge on any atom is 0.332 e. The van der Waals surface area contributed by atoms with Gasteiger partial charge in [-0.05, 0) is 40.0 Å². The van der Waals surface area contributed by atoms with Crippen molar-refractivity contribution in [3.8, 4) is 0 Å². The van der Waals surface area contributed by atoms with Crippen LogP contribution >= 0.6 is 0 Å². The van der Waals surface area contributed by atoms with E-state index in [2.05, 4.69) is 11.0 Å². The molecule has 8 nitrogen and oxygen atoms in total. The van der Waals surface area contributed by atoms with Gasteiger partial charge in [-0.25, -0.2) is 4.79 Å². The Morgan fingerprint density at radius 1 is 1.36 bits per heavy atom. The van der Waals surface area contributed by atoms with Crippen LogP contribution in [0.5, 0.6) is 0 Å². The van der Waals surface area contributed by atoms with Gasteiger partial charge in [-0.2, -0.15) is 4.98 Å². The first-order valence-corrected chi connectivity index (χ1v) is 10.1. The third-order valence-corrected chi connectivity index (χ3v) is 5.61. The Morgan fingerprint density at radius 3 is 2.68 bits per heavy atom. The van der Waals surface area contributed by atoms with Crippen LogP contribution in [0.25, 0.3) is 11.2 Å². The molecular weight excluding hydrogens is 356 g/mol. The number of rotatable bonds is 5. The lowest BCUT2D eigenvalue weighted by atomic mass is 10.1. The van der Waals surface area contributed by atoms with Gasteiger partial charge >= 0.3 is 5.69 Å². The summed E-state index contributed by atoms with van der Waals surface area (Å²) in [6.07, 6.45) is 4.83. The number of piperidine rings is 1. The van der Waals surface area contributed by atoms with Crippen molar-refractivity contribution in [3.05, 3.63) is 32.5 Å². The molecule has 154 valence electrons. The quantitative estimate of drug-likeness (QED) is 0.788. The van der Waals surface area contributed by atoms with E-state index in [4.69, 9.17) is 10.7 Å². The summed E-state index contributed by atoms with van der Waals surface area (Å²) in [5.74, 6) is 0.724. The van der Waals surface area contributed by atoms with Gasteiger partial charge in [0.25, 0.3) is 5.56 Å². The number of imidazole rings is 1. The van der Waals surface area contributed by atoms with Crippen molar-refractivity contribution in [1.29, 1.82) is 0 Å². The summed E-state index contributed by atoms with van der Waals surface area (Å²) < 4.78 is 4.80. The highest BCUT2D eigenvalue weighted by Gasteiger charge is 2.27. The van der Waals surface area contributed by atoms with Crippen LogP contribution in [0.2, 0.25) is 0 Å². The fourth-order valence-electron chi connectivity index (χ4n) is 3.77. The fourth-order valence-corrected chi connectivity index (χ4v) is 3.77. The predicted molar refractivity (Wildman–Crippen MR) is 113 cm³/mol. The molecule has 28 heavy (non-hydrogen) atoms. The summed E-state index contributed by atoms with van der Waals surface area (Å²) >= 11 is 0. The number of fused-ring (bicyclic) bond motifs is 1. The van der Waals surface area contributed by atoms with E-state index in [0.717, 1.165) is 37.3 Å². The Labute approximate surface area is 165 Å². The second kappa shape index (κ2) is 7.95. The number of hydrogen-bond donors (Lipinski definition) is 1. The molecule has 0 bridgehead atoms. The monoisotopic (exact) mass is 388 g/mol. The molecule has 0 aliphatic carbocycles. The maximum atomic E-state index is 13.1. The van der Waals surface area contributed by atoms with Crippen LogP contribution in [-0.2, 0) is 13.6 Å². The highest BCUT2D eigenvalue weighted by molar-refractivity contribution is 5.75. The van der Waals surface area contributed by atoms with E-state index in [9.17, 15) is 9.59 Å². The first-order valence-electron chi connectivity index (χ1n) is 10.1. The third-order valence-electron chi connectivity index (χ3n) is 5.61. The summed E-state index contributed by atoms with van der Waals surface area (Å²) in [4.78, 5) is 32.9. The standard InChI is InChI=1S/C20H32N6O2/c1-6-14(4)26-17-16(18(27)23(5)20(26)28)25(11-9-13(2)3)19(22-17)24-10-7-8-15(21)12-24/h9,14-15H,6-8,10-12,21H2,1-5H3. The van der Waals surface area contributed by atoms with Gasteiger partial charge in [-0.1, -0.05) is 18.6 Å². The van der Waals surface area contributed by atoms with Gasteiger partial charge in [0.15, 0.2) is 11.2 Å². The molecule has 1 saturated heterocycles. The zero-order valence-electron chi connectivity index (χ0n) is 17.6. The first kappa shape index (κ1) is 20.4. The minimum Gasteiger partial charge on any atom is -0.341 e. The van der Waals surface area contributed by atoms with Gasteiger partial charge in [0.05, 0.1) is 0 Å².